The number of benzene rings is 1. The molecular weight excluding hydrogens is 290 g/mol. The van der Waals surface area contributed by atoms with Gasteiger partial charge in [0.1, 0.15) is 0 Å². The average molecular weight is 309 g/mol. The van der Waals surface area contributed by atoms with Crippen LogP contribution in [0.3, 0.4) is 0 Å². The van der Waals surface area contributed by atoms with Crippen LogP contribution in [0, 0.1) is 0 Å². The molecule has 0 aliphatic heterocycles. The van der Waals surface area contributed by atoms with Gasteiger partial charge in [0.2, 0.25) is 0 Å². The average Bonchev–Trinajstić information content (AvgIpc) is 3.24. The molecule has 0 radical (unpaired) electrons. The van der Waals surface area contributed by atoms with Gasteiger partial charge in [-0.05, 0) is 36.8 Å². The number of nitrogens with one attached hydrogen (secondary N) is 1. The number of amides is 1. The molecule has 1 N–H and O–H groups in total. The van der Waals surface area contributed by atoms with Crippen LogP contribution in [0.4, 0.5) is 0 Å². The number of rotatable bonds is 5. The van der Waals surface area contributed by atoms with Crippen molar-refractivity contribution in [3.05, 3.63) is 66.2 Å². The molecule has 1 atom stereocenters. The number of carbonyl (C=O) groups excluding carboxylic acids is 1. The van der Waals surface area contributed by atoms with E-state index in [1.54, 1.807) is 27.8 Å². The van der Waals surface area contributed by atoms with Crippen LogP contribution in [0.15, 0.2) is 55.0 Å². The topological polar surface area (TPSA) is 64.7 Å². The molecule has 0 spiro atoms. The molecule has 6 nitrogen and oxygen atoms in total. The summed E-state index contributed by atoms with van der Waals surface area (Å²) in [5.74, 6) is -0.105. The summed E-state index contributed by atoms with van der Waals surface area (Å²) in [5, 5.41) is 11.4. The molecule has 0 fully saturated rings. The number of aromatic nitrogens is 4. The van der Waals surface area contributed by atoms with Crippen molar-refractivity contribution >= 4 is 5.91 Å². The van der Waals surface area contributed by atoms with Crippen molar-refractivity contribution in [2.24, 2.45) is 7.05 Å². The maximum Gasteiger partial charge on any atom is 0.251 e. The van der Waals surface area contributed by atoms with Crippen molar-refractivity contribution in [1.29, 1.82) is 0 Å². The molecule has 3 aromatic rings. The van der Waals surface area contributed by atoms with E-state index in [1.165, 1.54) is 0 Å². The van der Waals surface area contributed by atoms with Crippen LogP contribution >= 0.6 is 0 Å². The maximum atomic E-state index is 12.6. The SMILES string of the molecule is CCC(NC(=O)c1cccc(-n2cccn2)c1)c1ccnn1C. The van der Waals surface area contributed by atoms with Crippen LogP contribution in [0.1, 0.15) is 35.4 Å². The summed E-state index contributed by atoms with van der Waals surface area (Å²) in [7, 11) is 1.88. The zero-order chi connectivity index (χ0) is 16.2. The third-order valence-electron chi connectivity index (χ3n) is 3.81. The minimum absolute atomic E-state index is 0.0663. The highest BCUT2D eigenvalue weighted by molar-refractivity contribution is 5.95. The second-order valence-electron chi connectivity index (χ2n) is 5.31. The fraction of sp³-hybridized carbons (Fsp3) is 0.235. The molecule has 2 heterocycles. The van der Waals surface area contributed by atoms with E-state index >= 15 is 0 Å². The van der Waals surface area contributed by atoms with Crippen LogP contribution in [0.2, 0.25) is 0 Å². The summed E-state index contributed by atoms with van der Waals surface area (Å²) < 4.78 is 3.52. The van der Waals surface area contributed by atoms with Gasteiger partial charge < -0.3 is 5.32 Å². The van der Waals surface area contributed by atoms with Crippen LogP contribution in [-0.2, 0) is 7.05 Å². The smallest absolute Gasteiger partial charge is 0.251 e. The van der Waals surface area contributed by atoms with E-state index in [-0.39, 0.29) is 11.9 Å². The van der Waals surface area contributed by atoms with E-state index < -0.39 is 0 Å². The Morgan fingerprint density at radius 1 is 1.22 bits per heavy atom. The van der Waals surface area contributed by atoms with Crippen LogP contribution in [0.5, 0.6) is 0 Å². The van der Waals surface area contributed by atoms with Crippen LogP contribution < -0.4 is 5.32 Å². The van der Waals surface area contributed by atoms with E-state index in [4.69, 9.17) is 0 Å². The van der Waals surface area contributed by atoms with Gasteiger partial charge in [0.15, 0.2) is 0 Å². The summed E-state index contributed by atoms with van der Waals surface area (Å²) in [6, 6.07) is 11.1. The lowest BCUT2D eigenvalue weighted by Gasteiger charge is -2.17. The molecule has 0 aliphatic rings. The standard InChI is InChI=1S/C17H19N5O/c1-3-15(16-8-10-18-21(16)2)20-17(23)13-6-4-7-14(12-13)22-11-5-9-19-22/h4-12,15H,3H2,1-2H3,(H,20,23). The molecule has 2 aromatic heterocycles. The van der Waals surface area contributed by atoms with E-state index in [2.05, 4.69) is 15.5 Å². The normalized spacial score (nSPS) is 12.1. The molecule has 0 saturated carbocycles. The highest BCUT2D eigenvalue weighted by Gasteiger charge is 2.17. The Kier molecular flexibility index (Phi) is 4.23. The molecule has 6 heteroatoms. The second-order valence-corrected chi connectivity index (χ2v) is 5.31. The van der Waals surface area contributed by atoms with Gasteiger partial charge in [-0.25, -0.2) is 4.68 Å². The number of hydrogen-bond donors (Lipinski definition) is 1. The summed E-state index contributed by atoms with van der Waals surface area (Å²) in [6.45, 7) is 2.04. The highest BCUT2D eigenvalue weighted by atomic mass is 16.1. The minimum atomic E-state index is -0.105. The van der Waals surface area contributed by atoms with Gasteiger partial charge in [-0.15, -0.1) is 0 Å². The predicted octanol–water partition coefficient (Wildman–Crippen LogP) is 2.49. The largest absolute Gasteiger partial charge is 0.344 e. The Morgan fingerprint density at radius 3 is 2.74 bits per heavy atom. The summed E-state index contributed by atoms with van der Waals surface area (Å²) in [5.41, 5.74) is 2.46. The molecule has 118 valence electrons. The molecule has 0 saturated heterocycles. The van der Waals surface area contributed by atoms with E-state index in [0.29, 0.717) is 5.56 Å². The number of carbonyl (C=O) groups is 1. The second kappa shape index (κ2) is 6.48. The number of hydrogen-bond acceptors (Lipinski definition) is 3. The van der Waals surface area contributed by atoms with Gasteiger partial charge >= 0.3 is 0 Å². The first kappa shape index (κ1) is 15.0. The van der Waals surface area contributed by atoms with Crippen molar-refractivity contribution in [2.75, 3.05) is 0 Å². The zero-order valence-electron chi connectivity index (χ0n) is 13.2. The highest BCUT2D eigenvalue weighted by Crippen LogP contribution is 2.17. The first-order valence-corrected chi connectivity index (χ1v) is 7.58. The van der Waals surface area contributed by atoms with Crippen molar-refractivity contribution in [3.63, 3.8) is 0 Å². The van der Waals surface area contributed by atoms with Gasteiger partial charge in [0.25, 0.3) is 5.91 Å². The summed E-state index contributed by atoms with van der Waals surface area (Å²) in [6.07, 6.45) is 6.09. The van der Waals surface area contributed by atoms with Crippen molar-refractivity contribution in [2.45, 2.75) is 19.4 Å². The lowest BCUT2D eigenvalue weighted by molar-refractivity contribution is 0.0934. The molecule has 1 unspecified atom stereocenters. The fourth-order valence-electron chi connectivity index (χ4n) is 2.56. The molecule has 1 amide bonds. The number of aryl methyl sites for hydroxylation is 1. The van der Waals surface area contributed by atoms with Gasteiger partial charge in [0, 0.05) is 31.2 Å². The Morgan fingerprint density at radius 2 is 2.09 bits per heavy atom. The van der Waals surface area contributed by atoms with E-state index in [1.807, 2.05) is 50.5 Å². The predicted molar refractivity (Wildman–Crippen MR) is 87.3 cm³/mol. The van der Waals surface area contributed by atoms with Crippen molar-refractivity contribution in [1.82, 2.24) is 24.9 Å². The lowest BCUT2D eigenvalue weighted by Crippen LogP contribution is -2.29. The van der Waals surface area contributed by atoms with Gasteiger partial charge in [-0.1, -0.05) is 13.0 Å². The first-order chi connectivity index (χ1) is 11.2. The molecular formula is C17H19N5O. The Hall–Kier alpha value is -2.89. The van der Waals surface area contributed by atoms with Crippen LogP contribution in [-0.4, -0.2) is 25.5 Å². The van der Waals surface area contributed by atoms with Crippen LogP contribution in [0.25, 0.3) is 5.69 Å². The van der Waals surface area contributed by atoms with Gasteiger partial charge in [0.05, 0.1) is 17.4 Å². The maximum absolute atomic E-state index is 12.6. The van der Waals surface area contributed by atoms with E-state index in [9.17, 15) is 4.79 Å². The van der Waals surface area contributed by atoms with Crippen molar-refractivity contribution < 1.29 is 4.79 Å². The molecule has 0 aliphatic carbocycles. The molecule has 1 aromatic carbocycles. The molecule has 23 heavy (non-hydrogen) atoms. The van der Waals surface area contributed by atoms with Gasteiger partial charge in [-0.3, -0.25) is 9.48 Å². The minimum Gasteiger partial charge on any atom is -0.344 e. The molecule has 0 bridgehead atoms. The van der Waals surface area contributed by atoms with E-state index in [0.717, 1.165) is 17.8 Å². The third kappa shape index (κ3) is 3.15. The van der Waals surface area contributed by atoms with Gasteiger partial charge in [-0.2, -0.15) is 10.2 Å². The molecule has 3 rings (SSSR count). The Balaban J connectivity index is 1.80. The third-order valence-corrected chi connectivity index (χ3v) is 3.81. The summed E-state index contributed by atoms with van der Waals surface area (Å²) >= 11 is 0. The number of nitrogens with zero attached hydrogens (tertiary/aromatic N) is 4. The Labute approximate surface area is 134 Å². The van der Waals surface area contributed by atoms with Crippen molar-refractivity contribution in [3.8, 4) is 5.69 Å². The summed E-state index contributed by atoms with van der Waals surface area (Å²) in [4.78, 5) is 12.6. The fourth-order valence-corrected chi connectivity index (χ4v) is 2.56. The monoisotopic (exact) mass is 309 g/mol. The first-order valence-electron chi connectivity index (χ1n) is 7.58. The zero-order valence-corrected chi connectivity index (χ0v) is 13.2. The lowest BCUT2D eigenvalue weighted by atomic mass is 10.1. The Bertz CT molecular complexity index is 791. The quantitative estimate of drug-likeness (QED) is 0.787.